The minimum Gasteiger partial charge on any atom is -0.486 e. The van der Waals surface area contributed by atoms with Gasteiger partial charge in [0.1, 0.15) is 12.7 Å². The number of carbonyl (C=O) groups excluding carboxylic acids is 1. The average Bonchev–Trinajstić information content (AvgIpc) is 2.66. The van der Waals surface area contributed by atoms with Crippen molar-refractivity contribution in [2.45, 2.75) is 11.0 Å². The fourth-order valence-electron chi connectivity index (χ4n) is 2.39. The fraction of sp³-hybridized carbons (Fsp3) is 0.235. The van der Waals surface area contributed by atoms with Crippen LogP contribution in [0.2, 0.25) is 0 Å². The number of sulfonamides is 1. The van der Waals surface area contributed by atoms with Gasteiger partial charge in [-0.25, -0.2) is 13.1 Å². The maximum atomic E-state index is 12.3. The Hall–Kier alpha value is -2.58. The van der Waals surface area contributed by atoms with E-state index in [1.807, 2.05) is 18.2 Å². The van der Waals surface area contributed by atoms with Crippen molar-refractivity contribution in [2.24, 2.45) is 0 Å². The summed E-state index contributed by atoms with van der Waals surface area (Å²) in [7, 11) is -2.28. The summed E-state index contributed by atoms with van der Waals surface area (Å²) in [5, 5.41) is 2.74. The molecule has 1 amide bonds. The molecule has 0 saturated carbocycles. The molecule has 1 aliphatic heterocycles. The second kappa shape index (κ2) is 7.12. The molecule has 3 rings (SSSR count). The minimum atomic E-state index is -3.60. The van der Waals surface area contributed by atoms with Gasteiger partial charge >= 0.3 is 0 Å². The van der Waals surface area contributed by atoms with Crippen molar-refractivity contribution in [3.8, 4) is 11.5 Å². The second-order valence-corrected chi connectivity index (χ2v) is 7.33. The molecule has 25 heavy (non-hydrogen) atoms. The van der Waals surface area contributed by atoms with Gasteiger partial charge in [-0.3, -0.25) is 4.79 Å². The van der Waals surface area contributed by atoms with Crippen LogP contribution in [0.25, 0.3) is 0 Å². The van der Waals surface area contributed by atoms with Gasteiger partial charge in [-0.15, -0.1) is 0 Å². The van der Waals surface area contributed by atoms with Crippen molar-refractivity contribution < 1.29 is 22.7 Å². The van der Waals surface area contributed by atoms with E-state index >= 15 is 0 Å². The van der Waals surface area contributed by atoms with Gasteiger partial charge in [-0.05, 0) is 37.4 Å². The molecule has 0 radical (unpaired) electrons. The van der Waals surface area contributed by atoms with Crippen molar-refractivity contribution in [3.63, 3.8) is 0 Å². The molecule has 0 unspecified atom stereocenters. The molecule has 0 spiro atoms. The number of benzene rings is 2. The number of hydrogen-bond acceptors (Lipinski definition) is 5. The maximum Gasteiger partial charge on any atom is 0.251 e. The molecule has 0 fully saturated rings. The first-order valence-electron chi connectivity index (χ1n) is 7.70. The number of para-hydroxylation sites is 2. The van der Waals surface area contributed by atoms with Gasteiger partial charge in [-0.2, -0.15) is 0 Å². The summed E-state index contributed by atoms with van der Waals surface area (Å²) < 4.78 is 37.2. The van der Waals surface area contributed by atoms with Crippen LogP contribution < -0.4 is 19.5 Å². The topological polar surface area (TPSA) is 93.7 Å². The lowest BCUT2D eigenvalue weighted by Gasteiger charge is -2.26. The Morgan fingerprint density at radius 2 is 1.92 bits per heavy atom. The summed E-state index contributed by atoms with van der Waals surface area (Å²) >= 11 is 0. The zero-order chi connectivity index (χ0) is 17.9. The molecule has 2 aromatic rings. The molecule has 2 aromatic carbocycles. The van der Waals surface area contributed by atoms with Crippen LogP contribution in [0, 0.1) is 0 Å². The van der Waals surface area contributed by atoms with Gasteiger partial charge in [0.15, 0.2) is 11.5 Å². The van der Waals surface area contributed by atoms with Crippen LogP contribution >= 0.6 is 0 Å². The van der Waals surface area contributed by atoms with Crippen molar-refractivity contribution in [3.05, 3.63) is 54.1 Å². The molecule has 0 saturated heterocycles. The highest BCUT2D eigenvalue weighted by Crippen LogP contribution is 2.30. The number of fused-ring (bicyclic) bond motifs is 1. The molecule has 0 aliphatic carbocycles. The molecular weight excluding hydrogens is 344 g/mol. The minimum absolute atomic E-state index is 0.0360. The highest BCUT2D eigenvalue weighted by molar-refractivity contribution is 7.89. The van der Waals surface area contributed by atoms with Crippen LogP contribution in [0.4, 0.5) is 0 Å². The van der Waals surface area contributed by atoms with E-state index in [1.165, 1.54) is 25.2 Å². The van der Waals surface area contributed by atoms with Crippen molar-refractivity contribution in [1.29, 1.82) is 0 Å². The largest absolute Gasteiger partial charge is 0.486 e. The second-order valence-electron chi connectivity index (χ2n) is 5.44. The standard InChI is InChI=1S/C17H18N2O5S/c1-18-25(21,22)14-6-4-5-12(9-14)17(20)19-10-13-11-23-15-7-2-3-8-16(15)24-13/h2-9,13,18H,10-11H2,1H3,(H,19,20)/t13-/m0/s1. The number of hydrogen-bond donors (Lipinski definition) is 2. The Balaban J connectivity index is 1.63. The highest BCUT2D eigenvalue weighted by Gasteiger charge is 2.21. The Morgan fingerprint density at radius 3 is 2.68 bits per heavy atom. The van der Waals surface area contributed by atoms with E-state index in [-0.39, 0.29) is 29.0 Å². The molecule has 2 N–H and O–H groups in total. The predicted molar refractivity (Wildman–Crippen MR) is 91.4 cm³/mol. The van der Waals surface area contributed by atoms with Crippen LogP contribution in [0.3, 0.4) is 0 Å². The Labute approximate surface area is 146 Å². The molecule has 1 atom stereocenters. The molecule has 8 heteroatoms. The van der Waals surface area contributed by atoms with E-state index in [0.29, 0.717) is 18.1 Å². The normalized spacial score (nSPS) is 16.3. The van der Waals surface area contributed by atoms with Crippen LogP contribution in [-0.4, -0.2) is 40.6 Å². The van der Waals surface area contributed by atoms with Crippen molar-refractivity contribution in [1.82, 2.24) is 10.0 Å². The molecule has 132 valence electrons. The third-order valence-corrected chi connectivity index (χ3v) is 5.15. The van der Waals surface area contributed by atoms with Crippen LogP contribution in [0.15, 0.2) is 53.4 Å². The summed E-state index contributed by atoms with van der Waals surface area (Å²) in [6.45, 7) is 0.571. The van der Waals surface area contributed by atoms with E-state index in [2.05, 4.69) is 10.0 Å². The molecule has 1 aliphatic rings. The first-order valence-corrected chi connectivity index (χ1v) is 9.18. The molecule has 7 nitrogen and oxygen atoms in total. The van der Waals surface area contributed by atoms with E-state index in [1.54, 1.807) is 12.1 Å². The summed E-state index contributed by atoms with van der Waals surface area (Å²) in [5.74, 6) is 0.931. The molecule has 1 heterocycles. The van der Waals surface area contributed by atoms with Crippen LogP contribution in [-0.2, 0) is 10.0 Å². The van der Waals surface area contributed by atoms with E-state index in [9.17, 15) is 13.2 Å². The smallest absolute Gasteiger partial charge is 0.251 e. The zero-order valence-electron chi connectivity index (χ0n) is 13.6. The van der Waals surface area contributed by atoms with Crippen LogP contribution in [0.1, 0.15) is 10.4 Å². The number of carbonyl (C=O) groups is 1. The van der Waals surface area contributed by atoms with E-state index in [0.717, 1.165) is 0 Å². The average molecular weight is 362 g/mol. The SMILES string of the molecule is CNS(=O)(=O)c1cccc(C(=O)NC[C@H]2COc3ccccc3O2)c1. The summed E-state index contributed by atoms with van der Waals surface area (Å²) in [4.78, 5) is 12.3. The Bertz CT molecular complexity index is 882. The lowest BCUT2D eigenvalue weighted by molar-refractivity contribution is 0.0789. The first-order chi connectivity index (χ1) is 12.0. The number of amides is 1. The Morgan fingerprint density at radius 1 is 1.16 bits per heavy atom. The molecular formula is C17H18N2O5S. The molecule has 0 aromatic heterocycles. The van der Waals surface area contributed by atoms with E-state index in [4.69, 9.17) is 9.47 Å². The van der Waals surface area contributed by atoms with Crippen molar-refractivity contribution in [2.75, 3.05) is 20.2 Å². The maximum absolute atomic E-state index is 12.3. The number of rotatable bonds is 5. The number of ether oxygens (including phenoxy) is 2. The summed E-state index contributed by atoms with van der Waals surface area (Å²) in [6.07, 6.45) is -0.317. The third kappa shape index (κ3) is 3.92. The van der Waals surface area contributed by atoms with Crippen LogP contribution in [0.5, 0.6) is 11.5 Å². The summed E-state index contributed by atoms with van der Waals surface area (Å²) in [6, 6.07) is 13.2. The lowest BCUT2D eigenvalue weighted by atomic mass is 10.2. The first kappa shape index (κ1) is 17.2. The molecule has 0 bridgehead atoms. The number of nitrogens with one attached hydrogen (secondary N) is 2. The summed E-state index contributed by atoms with van der Waals surface area (Å²) in [5.41, 5.74) is 0.258. The quantitative estimate of drug-likeness (QED) is 0.833. The van der Waals surface area contributed by atoms with Gasteiger partial charge in [0.2, 0.25) is 10.0 Å². The fourth-order valence-corrected chi connectivity index (χ4v) is 3.17. The predicted octanol–water partition coefficient (Wildman–Crippen LogP) is 1.16. The van der Waals surface area contributed by atoms with Gasteiger partial charge in [-0.1, -0.05) is 18.2 Å². The monoisotopic (exact) mass is 362 g/mol. The van der Waals surface area contributed by atoms with Gasteiger partial charge in [0.25, 0.3) is 5.91 Å². The van der Waals surface area contributed by atoms with Crippen molar-refractivity contribution >= 4 is 15.9 Å². The Kier molecular flexibility index (Phi) is 4.91. The third-order valence-electron chi connectivity index (χ3n) is 3.73. The van der Waals surface area contributed by atoms with E-state index < -0.39 is 10.0 Å². The zero-order valence-corrected chi connectivity index (χ0v) is 14.4. The van der Waals surface area contributed by atoms with Gasteiger partial charge in [0.05, 0.1) is 11.4 Å². The van der Waals surface area contributed by atoms with Gasteiger partial charge in [0, 0.05) is 5.56 Å². The highest BCUT2D eigenvalue weighted by atomic mass is 32.2. The lowest BCUT2D eigenvalue weighted by Crippen LogP contribution is -2.40. The van der Waals surface area contributed by atoms with Gasteiger partial charge < -0.3 is 14.8 Å².